The van der Waals surface area contributed by atoms with Crippen LogP contribution in [0.15, 0.2) is 0 Å². The molecule has 8 heteroatoms. The zero-order valence-electron chi connectivity index (χ0n) is 5.83. The summed E-state index contributed by atoms with van der Waals surface area (Å²) in [6.45, 7) is 2.06. The predicted molar refractivity (Wildman–Crippen MR) is 23.3 cm³/mol. The average molecular weight is 417 g/mol. The first kappa shape index (κ1) is 38.4. The number of hydrogen-bond acceptors (Lipinski definition) is 2. The van der Waals surface area contributed by atoms with Crippen molar-refractivity contribution < 1.29 is 109 Å². The van der Waals surface area contributed by atoms with Crippen LogP contribution in [-0.2, 0) is 21.2 Å². The van der Waals surface area contributed by atoms with E-state index in [2.05, 4.69) is 10.5 Å². The van der Waals surface area contributed by atoms with Gasteiger partial charge in [0, 0.05) is 0 Å². The van der Waals surface area contributed by atoms with E-state index in [0.717, 1.165) is 0 Å². The molecule has 0 saturated heterocycles. The van der Waals surface area contributed by atoms with Gasteiger partial charge in [0.25, 0.3) is 0 Å². The van der Waals surface area contributed by atoms with Crippen molar-refractivity contribution in [2.45, 2.75) is 6.92 Å². The number of hydrogen-bond donors (Lipinski definition) is 1. The van der Waals surface area contributed by atoms with Gasteiger partial charge in [0.1, 0.15) is 0 Å². The molecule has 0 aliphatic rings. The summed E-state index contributed by atoms with van der Waals surface area (Å²) in [7, 11) is 0. The smallest absolute Gasteiger partial charge is 2.00 e. The van der Waals surface area contributed by atoms with Gasteiger partial charge in [-0.05, 0) is 6.92 Å². The molecule has 6 nitrogen and oxygen atoms in total. The van der Waals surface area contributed by atoms with Gasteiger partial charge in [-0.1, -0.05) is 0 Å². The Morgan fingerprint density at radius 3 is 1.55 bits per heavy atom. The van der Waals surface area contributed by atoms with Crippen LogP contribution in [0.2, 0.25) is 0 Å². The summed E-state index contributed by atoms with van der Waals surface area (Å²) >= 11 is 0. The summed E-state index contributed by atoms with van der Waals surface area (Å²) in [5.41, 5.74) is 4.54. The molecule has 0 fully saturated rings. The van der Waals surface area contributed by atoms with E-state index in [0.29, 0.717) is 6.61 Å². The van der Waals surface area contributed by atoms with Crippen molar-refractivity contribution in [1.29, 1.82) is 0 Å². The molecule has 0 aromatic heterocycles. The molecule has 0 spiro atoms. The van der Waals surface area contributed by atoms with Crippen LogP contribution >= 0.6 is 0 Å². The molecule has 2 radical (unpaired) electrons. The minimum atomic E-state index is -0.711. The second-order valence-electron chi connectivity index (χ2n) is 0.752. The van der Waals surface area contributed by atoms with Gasteiger partial charge < -0.3 is 26.9 Å². The fourth-order valence-electron chi connectivity index (χ4n) is 0.142. The monoisotopic (exact) mass is 417 g/mol. The van der Waals surface area contributed by atoms with Crippen LogP contribution in [0.5, 0.6) is 0 Å². The topological polar surface area (TPSA) is 138 Å². The van der Waals surface area contributed by atoms with Gasteiger partial charge in [-0.2, -0.15) is 0 Å². The molecule has 0 aromatic rings. The molecule has 0 aliphatic carbocycles. The largest absolute Gasteiger partial charge is 3.00 e. The van der Waals surface area contributed by atoms with Gasteiger partial charge in [-0.3, -0.25) is 0 Å². The van der Waals surface area contributed by atoms with Crippen molar-refractivity contribution in [2.75, 3.05) is 6.61 Å². The van der Waals surface area contributed by atoms with Gasteiger partial charge in [0.2, 0.25) is 0 Å². The predicted octanol–water partition coefficient (Wildman–Crippen LogP) is -0.255. The van der Waals surface area contributed by atoms with Crippen LogP contribution in [0.1, 0.15) is 6.92 Å². The SMILES string of the molecule is CCOC(N)=O.[Ce+3].[Ce+3].[O-2].[O-2].[O-2]. The van der Waals surface area contributed by atoms with Gasteiger partial charge >= 0.3 is 89.6 Å². The fraction of sp³-hybridized carbons (Fsp3) is 0.667. The first-order chi connectivity index (χ1) is 2.77. The van der Waals surface area contributed by atoms with E-state index in [4.69, 9.17) is 0 Å². The van der Waals surface area contributed by atoms with Crippen LogP contribution in [0.3, 0.4) is 0 Å². The second kappa shape index (κ2) is 29.7. The van der Waals surface area contributed by atoms with Crippen LogP contribution in [-0.4, -0.2) is 12.7 Å². The third-order valence-corrected chi connectivity index (χ3v) is 0.287. The van der Waals surface area contributed by atoms with E-state index >= 15 is 0 Å². The summed E-state index contributed by atoms with van der Waals surface area (Å²) in [4.78, 5) is 9.60. The minimum Gasteiger partial charge on any atom is -2.00 e. The third kappa shape index (κ3) is 48.6. The first-order valence-corrected chi connectivity index (χ1v) is 1.69. The molecule has 0 heterocycles. The first-order valence-electron chi connectivity index (χ1n) is 1.69. The number of rotatable bonds is 1. The van der Waals surface area contributed by atoms with Crippen molar-refractivity contribution in [3.05, 3.63) is 0 Å². The van der Waals surface area contributed by atoms with E-state index in [-0.39, 0.29) is 99.9 Å². The molecule has 2 N–H and O–H groups in total. The maximum Gasteiger partial charge on any atom is 3.00 e. The number of carbonyl (C=O) groups is 1. The number of ether oxygens (including phenoxy) is 1. The van der Waals surface area contributed by atoms with Crippen LogP contribution in [0.4, 0.5) is 4.79 Å². The minimum absolute atomic E-state index is 0. The van der Waals surface area contributed by atoms with Crippen LogP contribution < -0.4 is 5.73 Å². The Morgan fingerprint density at radius 1 is 1.27 bits per heavy atom. The summed E-state index contributed by atoms with van der Waals surface area (Å²) in [5.74, 6) is 0. The average Bonchev–Trinajstić information content (AvgIpc) is 1.35. The molecule has 0 atom stereocenters. The maximum atomic E-state index is 9.60. The Bertz CT molecular complexity index is 63.7. The Labute approximate surface area is 132 Å². The number of carbonyl (C=O) groups excluding carboxylic acids is 1. The van der Waals surface area contributed by atoms with Crippen molar-refractivity contribution >= 4 is 6.09 Å². The molecule has 0 aromatic carbocycles. The molecule has 0 aliphatic heterocycles. The molecule has 62 valence electrons. The van der Waals surface area contributed by atoms with E-state index in [9.17, 15) is 4.79 Å². The summed E-state index contributed by atoms with van der Waals surface area (Å²) in [6, 6.07) is 0. The maximum absolute atomic E-state index is 9.60. The molecular formula is C3H7Ce2NO5. The van der Waals surface area contributed by atoms with Crippen LogP contribution in [0, 0.1) is 83.5 Å². The van der Waals surface area contributed by atoms with Gasteiger partial charge in [-0.25, -0.2) is 4.79 Å². The molecule has 0 rings (SSSR count). The van der Waals surface area contributed by atoms with Crippen LogP contribution in [0.25, 0.3) is 0 Å². The molecule has 0 bridgehead atoms. The summed E-state index contributed by atoms with van der Waals surface area (Å²) < 4.78 is 4.18. The number of primary amides is 1. The zero-order valence-corrected chi connectivity index (χ0v) is 12.1. The second-order valence-corrected chi connectivity index (χ2v) is 0.752. The summed E-state index contributed by atoms with van der Waals surface area (Å²) in [6.07, 6.45) is -0.711. The Kier molecular flexibility index (Phi) is 104. The Balaban J connectivity index is -0.0000000125. The van der Waals surface area contributed by atoms with E-state index in [1.807, 2.05) is 0 Å². The molecular weight excluding hydrogens is 410 g/mol. The third-order valence-electron chi connectivity index (χ3n) is 0.287. The Hall–Kier alpha value is 1.90. The van der Waals surface area contributed by atoms with E-state index in [1.54, 1.807) is 6.92 Å². The number of nitrogens with two attached hydrogens (primary N) is 1. The van der Waals surface area contributed by atoms with Gasteiger partial charge in [-0.15, -0.1) is 0 Å². The molecule has 1 amide bonds. The van der Waals surface area contributed by atoms with Crippen molar-refractivity contribution in [2.24, 2.45) is 5.73 Å². The fourth-order valence-corrected chi connectivity index (χ4v) is 0.142. The van der Waals surface area contributed by atoms with Crippen molar-refractivity contribution in [3.63, 3.8) is 0 Å². The van der Waals surface area contributed by atoms with Gasteiger partial charge in [0.15, 0.2) is 0 Å². The Morgan fingerprint density at radius 2 is 1.55 bits per heavy atom. The normalized spacial score (nSPS) is 4.09. The standard InChI is InChI=1S/C3H7NO2.2Ce.3O/c1-2-6-3(4)5;;;;;/h2H2,1H3,(H2,4,5);;;;;/q;2*+3;3*-2. The zero-order chi connectivity index (χ0) is 4.99. The van der Waals surface area contributed by atoms with Crippen molar-refractivity contribution in [1.82, 2.24) is 0 Å². The molecule has 0 saturated carbocycles. The summed E-state index contributed by atoms with van der Waals surface area (Å²) in [5, 5.41) is 0. The molecule has 0 unspecified atom stereocenters. The molecule has 11 heavy (non-hydrogen) atoms. The van der Waals surface area contributed by atoms with Gasteiger partial charge in [0.05, 0.1) is 6.61 Å². The quantitative estimate of drug-likeness (QED) is 0.629. The van der Waals surface area contributed by atoms with Crippen molar-refractivity contribution in [3.8, 4) is 0 Å². The van der Waals surface area contributed by atoms with E-state index in [1.165, 1.54) is 0 Å². The number of amides is 1. The van der Waals surface area contributed by atoms with E-state index < -0.39 is 6.09 Å².